The molecule has 1 aromatic rings. The van der Waals surface area contributed by atoms with E-state index in [0.717, 1.165) is 6.54 Å². The van der Waals surface area contributed by atoms with Crippen molar-refractivity contribution in [2.24, 2.45) is 0 Å². The molecule has 0 amide bonds. The van der Waals surface area contributed by atoms with E-state index in [1.54, 1.807) is 13.0 Å². The van der Waals surface area contributed by atoms with Crippen molar-refractivity contribution < 1.29 is 9.13 Å². The summed E-state index contributed by atoms with van der Waals surface area (Å²) in [5.41, 5.74) is 0.649. The van der Waals surface area contributed by atoms with Gasteiger partial charge in [0, 0.05) is 18.7 Å². The zero-order chi connectivity index (χ0) is 11.5. The normalized spacial score (nSPS) is 17.2. The van der Waals surface area contributed by atoms with Gasteiger partial charge < -0.3 is 10.1 Å². The number of hydrogen-bond donors (Lipinski definition) is 1. The number of hydrogen-bond acceptors (Lipinski definition) is 2. The molecule has 0 spiro atoms. The average Bonchev–Trinajstić information content (AvgIpc) is 3.04. The van der Waals surface area contributed by atoms with E-state index in [4.69, 9.17) is 4.74 Å². The maximum Gasteiger partial charge on any atom is 0.129 e. The van der Waals surface area contributed by atoms with Crippen molar-refractivity contribution in [2.45, 2.75) is 38.8 Å². The smallest absolute Gasteiger partial charge is 0.129 e. The van der Waals surface area contributed by atoms with E-state index in [-0.39, 0.29) is 11.9 Å². The molecule has 0 aromatic heterocycles. The Labute approximate surface area is 95.8 Å². The molecule has 2 nitrogen and oxygen atoms in total. The molecule has 3 heteroatoms. The molecule has 88 valence electrons. The minimum absolute atomic E-state index is 0.0720. The van der Waals surface area contributed by atoms with Crippen molar-refractivity contribution in [1.82, 2.24) is 5.32 Å². The van der Waals surface area contributed by atoms with Crippen molar-refractivity contribution in [3.05, 3.63) is 29.6 Å². The predicted octanol–water partition coefficient (Wildman–Crippen LogP) is 2.65. The molecule has 16 heavy (non-hydrogen) atoms. The molecular formula is C13H18FNO. The third kappa shape index (κ3) is 3.20. The summed E-state index contributed by atoms with van der Waals surface area (Å²) >= 11 is 0. The van der Waals surface area contributed by atoms with Crippen LogP contribution in [-0.4, -0.2) is 18.7 Å². The maximum absolute atomic E-state index is 13.3. The van der Waals surface area contributed by atoms with E-state index < -0.39 is 0 Å². The lowest BCUT2D eigenvalue weighted by Gasteiger charge is -2.15. The van der Waals surface area contributed by atoms with Gasteiger partial charge in [-0.05, 0) is 38.3 Å². The number of halogens is 1. The molecule has 1 aliphatic carbocycles. The SMILES string of the molecule is Cc1ccc(OC(C)CNC2CC2)cc1F. The Hall–Kier alpha value is -1.09. The van der Waals surface area contributed by atoms with Gasteiger partial charge in [0.2, 0.25) is 0 Å². The summed E-state index contributed by atoms with van der Waals surface area (Å²) in [6.07, 6.45) is 2.61. The van der Waals surface area contributed by atoms with E-state index in [1.807, 2.05) is 13.0 Å². The summed E-state index contributed by atoms with van der Waals surface area (Å²) < 4.78 is 18.9. The molecule has 1 fully saturated rings. The van der Waals surface area contributed by atoms with Crippen molar-refractivity contribution in [3.8, 4) is 5.75 Å². The Morgan fingerprint density at radius 2 is 2.25 bits per heavy atom. The summed E-state index contributed by atoms with van der Waals surface area (Å²) in [7, 11) is 0. The number of aryl methyl sites for hydroxylation is 1. The second-order valence-electron chi connectivity index (χ2n) is 4.52. The Morgan fingerprint density at radius 1 is 1.50 bits per heavy atom. The summed E-state index contributed by atoms with van der Waals surface area (Å²) in [4.78, 5) is 0. The first kappa shape index (κ1) is 11.4. The van der Waals surface area contributed by atoms with E-state index in [1.165, 1.54) is 18.9 Å². The highest BCUT2D eigenvalue weighted by Gasteiger charge is 2.21. The second-order valence-corrected chi connectivity index (χ2v) is 4.52. The standard InChI is InChI=1S/C13H18FNO/c1-9-3-6-12(7-13(9)14)16-10(2)8-15-11-4-5-11/h3,6-7,10-11,15H,4-5,8H2,1-2H3. The van der Waals surface area contributed by atoms with Crippen molar-refractivity contribution >= 4 is 0 Å². The first-order valence-electron chi connectivity index (χ1n) is 5.81. The summed E-state index contributed by atoms with van der Waals surface area (Å²) in [6.45, 7) is 4.56. The van der Waals surface area contributed by atoms with Gasteiger partial charge in [0.15, 0.2) is 0 Å². The Bertz CT molecular complexity index is 363. The summed E-state index contributed by atoms with van der Waals surface area (Å²) in [5.74, 6) is 0.396. The molecule has 1 saturated carbocycles. The lowest BCUT2D eigenvalue weighted by atomic mass is 10.2. The van der Waals surface area contributed by atoms with Crippen LogP contribution in [0.15, 0.2) is 18.2 Å². The molecule has 0 bridgehead atoms. The molecule has 0 aliphatic heterocycles. The minimum Gasteiger partial charge on any atom is -0.489 e. The van der Waals surface area contributed by atoms with Gasteiger partial charge >= 0.3 is 0 Å². The van der Waals surface area contributed by atoms with Gasteiger partial charge in [-0.2, -0.15) is 0 Å². The van der Waals surface area contributed by atoms with Gasteiger partial charge in [0.25, 0.3) is 0 Å². The van der Waals surface area contributed by atoms with Gasteiger partial charge in [-0.25, -0.2) is 4.39 Å². The number of nitrogens with one attached hydrogen (secondary N) is 1. The van der Waals surface area contributed by atoms with Crippen LogP contribution in [0.1, 0.15) is 25.3 Å². The highest BCUT2D eigenvalue weighted by Crippen LogP contribution is 2.19. The van der Waals surface area contributed by atoms with Crippen molar-refractivity contribution in [1.29, 1.82) is 0 Å². The Kier molecular flexibility index (Phi) is 3.44. The lowest BCUT2D eigenvalue weighted by molar-refractivity contribution is 0.216. The molecule has 1 aliphatic rings. The fourth-order valence-corrected chi connectivity index (χ4v) is 1.54. The molecule has 2 rings (SSSR count). The topological polar surface area (TPSA) is 21.3 Å². The van der Waals surface area contributed by atoms with Gasteiger partial charge in [-0.3, -0.25) is 0 Å². The van der Waals surface area contributed by atoms with E-state index in [9.17, 15) is 4.39 Å². The van der Waals surface area contributed by atoms with Crippen LogP contribution in [0.25, 0.3) is 0 Å². The molecule has 1 N–H and O–H groups in total. The number of rotatable bonds is 5. The molecule has 0 heterocycles. The lowest BCUT2D eigenvalue weighted by Crippen LogP contribution is -2.30. The summed E-state index contributed by atoms with van der Waals surface area (Å²) in [6, 6.07) is 5.68. The average molecular weight is 223 g/mol. The van der Waals surface area contributed by atoms with Crippen LogP contribution in [0, 0.1) is 12.7 Å². The highest BCUT2D eigenvalue weighted by atomic mass is 19.1. The third-order valence-electron chi connectivity index (χ3n) is 2.75. The summed E-state index contributed by atoms with van der Waals surface area (Å²) in [5, 5.41) is 3.38. The monoisotopic (exact) mass is 223 g/mol. The first-order chi connectivity index (χ1) is 7.65. The van der Waals surface area contributed by atoms with Crippen molar-refractivity contribution in [2.75, 3.05) is 6.54 Å². The minimum atomic E-state index is -0.208. The van der Waals surface area contributed by atoms with Crippen molar-refractivity contribution in [3.63, 3.8) is 0 Å². The van der Waals surface area contributed by atoms with Gasteiger partial charge in [-0.15, -0.1) is 0 Å². The van der Waals surface area contributed by atoms with Crippen LogP contribution in [0.2, 0.25) is 0 Å². The van der Waals surface area contributed by atoms with E-state index >= 15 is 0 Å². The van der Waals surface area contributed by atoms with E-state index in [0.29, 0.717) is 17.4 Å². The second kappa shape index (κ2) is 4.83. The fraction of sp³-hybridized carbons (Fsp3) is 0.538. The van der Waals surface area contributed by atoms with Gasteiger partial charge in [0.1, 0.15) is 17.7 Å². The number of benzene rings is 1. The number of ether oxygens (including phenoxy) is 1. The molecule has 1 atom stereocenters. The Balaban J connectivity index is 1.84. The van der Waals surface area contributed by atoms with Crippen LogP contribution >= 0.6 is 0 Å². The van der Waals surface area contributed by atoms with Gasteiger partial charge in [-0.1, -0.05) is 6.07 Å². The Morgan fingerprint density at radius 3 is 2.88 bits per heavy atom. The maximum atomic E-state index is 13.3. The van der Waals surface area contributed by atoms with Crippen LogP contribution in [0.4, 0.5) is 4.39 Å². The predicted molar refractivity (Wildman–Crippen MR) is 62.3 cm³/mol. The molecular weight excluding hydrogens is 205 g/mol. The van der Waals surface area contributed by atoms with Crippen LogP contribution in [-0.2, 0) is 0 Å². The van der Waals surface area contributed by atoms with Crippen LogP contribution in [0.3, 0.4) is 0 Å². The molecule has 0 saturated heterocycles. The first-order valence-corrected chi connectivity index (χ1v) is 5.81. The largest absolute Gasteiger partial charge is 0.489 e. The zero-order valence-corrected chi connectivity index (χ0v) is 9.79. The van der Waals surface area contributed by atoms with E-state index in [2.05, 4.69) is 5.32 Å². The third-order valence-corrected chi connectivity index (χ3v) is 2.75. The fourth-order valence-electron chi connectivity index (χ4n) is 1.54. The van der Waals surface area contributed by atoms with Gasteiger partial charge in [0.05, 0.1) is 0 Å². The molecule has 1 aromatic carbocycles. The quantitative estimate of drug-likeness (QED) is 0.828. The molecule has 1 unspecified atom stereocenters. The highest BCUT2D eigenvalue weighted by molar-refractivity contribution is 5.28. The molecule has 0 radical (unpaired) electrons. The zero-order valence-electron chi connectivity index (χ0n) is 9.79. The van der Waals surface area contributed by atoms with Crippen LogP contribution in [0.5, 0.6) is 5.75 Å². The van der Waals surface area contributed by atoms with Crippen LogP contribution < -0.4 is 10.1 Å².